The summed E-state index contributed by atoms with van der Waals surface area (Å²) in [5, 5.41) is 15.0. The molecule has 1 fully saturated rings. The number of anilines is 1. The molecule has 0 bridgehead atoms. The first-order valence-electron chi connectivity index (χ1n) is 8.14. The molecule has 0 unspecified atom stereocenters. The molecular weight excluding hydrogens is 420 g/mol. The summed E-state index contributed by atoms with van der Waals surface area (Å²) in [7, 11) is 1.61. The van der Waals surface area contributed by atoms with E-state index in [1.165, 1.54) is 16.7 Å². The summed E-state index contributed by atoms with van der Waals surface area (Å²) in [6.45, 7) is 1.90. The van der Waals surface area contributed by atoms with Crippen LogP contribution in [0.15, 0.2) is 27.8 Å². The first-order chi connectivity index (χ1) is 12.4. The van der Waals surface area contributed by atoms with Crippen molar-refractivity contribution in [3.05, 3.63) is 28.2 Å². The summed E-state index contributed by atoms with van der Waals surface area (Å²) in [6, 6.07) is 5.97. The second-order valence-electron chi connectivity index (χ2n) is 6.18. The van der Waals surface area contributed by atoms with Crippen molar-refractivity contribution in [1.29, 1.82) is 0 Å². The highest BCUT2D eigenvalue weighted by Gasteiger charge is 2.28. The number of amides is 2. The lowest BCUT2D eigenvalue weighted by Gasteiger charge is -2.17. The number of carbonyl (C=O) groups is 2. The van der Waals surface area contributed by atoms with Crippen LogP contribution in [-0.2, 0) is 9.59 Å². The van der Waals surface area contributed by atoms with Gasteiger partial charge in [0.2, 0.25) is 17.0 Å². The van der Waals surface area contributed by atoms with Crippen LogP contribution in [0, 0.1) is 6.92 Å². The SMILES string of the molecule is Cc1cc(Br)ccc1NC(=O)CN(C)C(=O)CSc1nnnn1C1CC1. The molecule has 8 nitrogen and oxygen atoms in total. The van der Waals surface area contributed by atoms with Crippen LogP contribution in [0.2, 0.25) is 0 Å². The molecule has 0 spiro atoms. The van der Waals surface area contributed by atoms with Gasteiger partial charge in [-0.3, -0.25) is 9.59 Å². The molecule has 0 radical (unpaired) electrons. The fourth-order valence-corrected chi connectivity index (χ4v) is 3.69. The van der Waals surface area contributed by atoms with Gasteiger partial charge in [0.15, 0.2) is 0 Å². The fraction of sp³-hybridized carbons (Fsp3) is 0.438. The highest BCUT2D eigenvalue weighted by molar-refractivity contribution is 9.10. The fourth-order valence-electron chi connectivity index (χ4n) is 2.33. The number of aryl methyl sites for hydroxylation is 1. The first kappa shape index (κ1) is 18.8. The van der Waals surface area contributed by atoms with Gasteiger partial charge in [0.1, 0.15) is 0 Å². The van der Waals surface area contributed by atoms with Gasteiger partial charge in [0.05, 0.1) is 18.3 Å². The molecule has 1 aromatic heterocycles. The van der Waals surface area contributed by atoms with Crippen LogP contribution in [0.3, 0.4) is 0 Å². The Morgan fingerprint density at radius 2 is 2.19 bits per heavy atom. The number of nitrogens with zero attached hydrogens (tertiary/aromatic N) is 5. The molecule has 3 rings (SSSR count). The highest BCUT2D eigenvalue weighted by atomic mass is 79.9. The van der Waals surface area contributed by atoms with Gasteiger partial charge in [-0.1, -0.05) is 27.7 Å². The normalized spacial score (nSPS) is 13.5. The van der Waals surface area contributed by atoms with E-state index in [2.05, 4.69) is 36.8 Å². The average Bonchev–Trinajstić information content (AvgIpc) is 3.33. The Bertz CT molecular complexity index is 823. The monoisotopic (exact) mass is 438 g/mol. The summed E-state index contributed by atoms with van der Waals surface area (Å²) >= 11 is 4.68. The van der Waals surface area contributed by atoms with Crippen LogP contribution >= 0.6 is 27.7 Å². The van der Waals surface area contributed by atoms with Crippen molar-refractivity contribution in [2.45, 2.75) is 31.0 Å². The topological polar surface area (TPSA) is 93.0 Å². The molecule has 0 aliphatic heterocycles. The maximum Gasteiger partial charge on any atom is 0.243 e. The zero-order valence-corrected chi connectivity index (χ0v) is 16.9. The molecular formula is C16H19BrN6O2S. The lowest BCUT2D eigenvalue weighted by molar-refractivity contribution is -0.131. The van der Waals surface area contributed by atoms with Gasteiger partial charge in [0.25, 0.3) is 0 Å². The van der Waals surface area contributed by atoms with Gasteiger partial charge in [-0.05, 0) is 54.0 Å². The van der Waals surface area contributed by atoms with E-state index in [4.69, 9.17) is 0 Å². The van der Waals surface area contributed by atoms with E-state index < -0.39 is 0 Å². The van der Waals surface area contributed by atoms with Crippen molar-refractivity contribution in [2.24, 2.45) is 0 Å². The minimum Gasteiger partial charge on any atom is -0.336 e. The summed E-state index contributed by atoms with van der Waals surface area (Å²) in [6.07, 6.45) is 2.14. The van der Waals surface area contributed by atoms with Crippen LogP contribution in [-0.4, -0.2) is 56.3 Å². The number of tetrazole rings is 1. The van der Waals surface area contributed by atoms with Gasteiger partial charge >= 0.3 is 0 Å². The molecule has 1 aromatic carbocycles. The standard InChI is InChI=1S/C16H19BrN6O2S/c1-10-7-11(17)3-6-13(10)18-14(24)8-22(2)15(25)9-26-16-19-20-21-23(16)12-4-5-12/h3,6-7,12H,4-5,8-9H2,1-2H3,(H,18,24). The van der Waals surface area contributed by atoms with E-state index in [1.54, 1.807) is 11.7 Å². The van der Waals surface area contributed by atoms with Gasteiger partial charge in [-0.2, -0.15) is 0 Å². The molecule has 1 aliphatic rings. The minimum absolute atomic E-state index is 0.0114. The van der Waals surface area contributed by atoms with Gasteiger partial charge < -0.3 is 10.2 Å². The van der Waals surface area contributed by atoms with E-state index >= 15 is 0 Å². The molecule has 1 N–H and O–H groups in total. The Labute approximate surface area is 163 Å². The second kappa shape index (κ2) is 8.17. The number of halogens is 1. The Morgan fingerprint density at radius 3 is 2.88 bits per heavy atom. The molecule has 1 saturated carbocycles. The maximum atomic E-state index is 12.3. The van der Waals surface area contributed by atoms with Crippen molar-refractivity contribution in [3.63, 3.8) is 0 Å². The lowest BCUT2D eigenvalue weighted by Crippen LogP contribution is -2.36. The van der Waals surface area contributed by atoms with Crippen LogP contribution < -0.4 is 5.32 Å². The van der Waals surface area contributed by atoms with Crippen molar-refractivity contribution in [2.75, 3.05) is 24.7 Å². The number of thioether (sulfide) groups is 1. The van der Waals surface area contributed by atoms with Crippen LogP contribution in [0.5, 0.6) is 0 Å². The Morgan fingerprint density at radius 1 is 1.42 bits per heavy atom. The van der Waals surface area contributed by atoms with Crippen molar-refractivity contribution < 1.29 is 9.59 Å². The number of rotatable bonds is 7. The van der Waals surface area contributed by atoms with Crippen molar-refractivity contribution in [1.82, 2.24) is 25.1 Å². The Balaban J connectivity index is 1.48. The first-order valence-corrected chi connectivity index (χ1v) is 9.92. The number of nitrogens with one attached hydrogen (secondary N) is 1. The zero-order chi connectivity index (χ0) is 18.7. The quantitative estimate of drug-likeness (QED) is 0.666. The second-order valence-corrected chi connectivity index (χ2v) is 8.04. The molecule has 1 aliphatic carbocycles. The summed E-state index contributed by atoms with van der Waals surface area (Å²) in [5.74, 6) is -0.198. The minimum atomic E-state index is -0.237. The third-order valence-electron chi connectivity index (χ3n) is 3.95. The summed E-state index contributed by atoms with van der Waals surface area (Å²) < 4.78 is 2.71. The maximum absolute atomic E-state index is 12.3. The van der Waals surface area contributed by atoms with E-state index in [9.17, 15) is 9.59 Å². The van der Waals surface area contributed by atoms with Gasteiger partial charge in [0, 0.05) is 17.2 Å². The number of hydrogen-bond acceptors (Lipinski definition) is 6. The molecule has 0 saturated heterocycles. The third-order valence-corrected chi connectivity index (χ3v) is 5.36. The van der Waals surface area contributed by atoms with Gasteiger partial charge in [-0.15, -0.1) is 5.10 Å². The predicted octanol–water partition coefficient (Wildman–Crippen LogP) is 2.27. The predicted molar refractivity (Wildman–Crippen MR) is 102 cm³/mol. The van der Waals surface area contributed by atoms with Crippen LogP contribution in [0.4, 0.5) is 5.69 Å². The molecule has 10 heteroatoms. The molecule has 0 atom stereocenters. The number of carbonyl (C=O) groups excluding carboxylic acids is 2. The number of likely N-dealkylation sites (N-methyl/N-ethyl adjacent to an activating group) is 1. The van der Waals surface area contributed by atoms with Crippen LogP contribution in [0.1, 0.15) is 24.4 Å². The molecule has 2 amide bonds. The van der Waals surface area contributed by atoms with Crippen molar-refractivity contribution >= 4 is 45.2 Å². The molecule has 26 heavy (non-hydrogen) atoms. The Kier molecular flexibility index (Phi) is 5.92. The van der Waals surface area contributed by atoms with E-state index in [-0.39, 0.29) is 24.1 Å². The van der Waals surface area contributed by atoms with Crippen LogP contribution in [0.25, 0.3) is 0 Å². The Hall–Kier alpha value is -1.94. The molecule has 1 heterocycles. The summed E-state index contributed by atoms with van der Waals surface area (Å²) in [4.78, 5) is 25.9. The molecule has 138 valence electrons. The van der Waals surface area contributed by atoms with E-state index in [0.29, 0.717) is 11.2 Å². The van der Waals surface area contributed by atoms with Crippen molar-refractivity contribution in [3.8, 4) is 0 Å². The lowest BCUT2D eigenvalue weighted by atomic mass is 10.2. The highest BCUT2D eigenvalue weighted by Crippen LogP contribution is 2.36. The van der Waals surface area contributed by atoms with Gasteiger partial charge in [-0.25, -0.2) is 4.68 Å². The molecule has 2 aromatic rings. The number of aromatic nitrogens is 4. The number of benzene rings is 1. The smallest absolute Gasteiger partial charge is 0.243 e. The van der Waals surface area contributed by atoms with E-state index in [1.807, 2.05) is 25.1 Å². The zero-order valence-electron chi connectivity index (χ0n) is 14.5. The third kappa shape index (κ3) is 4.82. The summed E-state index contributed by atoms with van der Waals surface area (Å²) in [5.41, 5.74) is 1.68. The number of hydrogen-bond donors (Lipinski definition) is 1. The average molecular weight is 439 g/mol. The van der Waals surface area contributed by atoms with E-state index in [0.717, 1.165) is 28.6 Å². The largest absolute Gasteiger partial charge is 0.336 e.